The average molecular weight is 366 g/mol. The van der Waals surface area contributed by atoms with E-state index in [2.05, 4.69) is 6.92 Å². The van der Waals surface area contributed by atoms with Crippen molar-refractivity contribution in [1.82, 2.24) is 9.55 Å². The highest BCUT2D eigenvalue weighted by Crippen LogP contribution is 2.30. The van der Waals surface area contributed by atoms with Crippen molar-refractivity contribution in [2.75, 3.05) is 6.61 Å². The SMILES string of the molecule is CCc1ccccc1-n1c(S[C@@H]2CCOC2=O)nc2ccccc2c1=O. The summed E-state index contributed by atoms with van der Waals surface area (Å²) in [7, 11) is 0. The highest BCUT2D eigenvalue weighted by atomic mass is 32.2. The molecule has 0 N–H and O–H groups in total. The summed E-state index contributed by atoms with van der Waals surface area (Å²) in [6.07, 6.45) is 1.42. The molecule has 1 aliphatic rings. The second-order valence-electron chi connectivity index (χ2n) is 6.10. The molecule has 26 heavy (non-hydrogen) atoms. The van der Waals surface area contributed by atoms with Crippen LogP contribution in [0.1, 0.15) is 18.9 Å². The van der Waals surface area contributed by atoms with Gasteiger partial charge in [-0.05, 0) is 30.2 Å². The molecule has 0 spiro atoms. The molecule has 0 unspecified atom stereocenters. The number of carbonyl (C=O) groups is 1. The van der Waals surface area contributed by atoms with Gasteiger partial charge in [-0.25, -0.2) is 4.98 Å². The summed E-state index contributed by atoms with van der Waals surface area (Å²) >= 11 is 1.31. The average Bonchev–Trinajstić information content (AvgIpc) is 3.07. The van der Waals surface area contributed by atoms with Gasteiger partial charge < -0.3 is 4.74 Å². The van der Waals surface area contributed by atoms with Crippen LogP contribution in [0, 0.1) is 0 Å². The summed E-state index contributed by atoms with van der Waals surface area (Å²) in [6, 6.07) is 15.1. The molecular weight excluding hydrogens is 348 g/mol. The first-order valence-corrected chi connectivity index (χ1v) is 9.50. The quantitative estimate of drug-likeness (QED) is 0.523. The van der Waals surface area contributed by atoms with Gasteiger partial charge >= 0.3 is 5.97 Å². The fraction of sp³-hybridized carbons (Fsp3) is 0.250. The van der Waals surface area contributed by atoms with Crippen molar-refractivity contribution in [2.45, 2.75) is 30.2 Å². The summed E-state index contributed by atoms with van der Waals surface area (Å²) in [6.45, 7) is 2.47. The second-order valence-corrected chi connectivity index (χ2v) is 7.27. The van der Waals surface area contributed by atoms with Gasteiger partial charge in [-0.2, -0.15) is 0 Å². The van der Waals surface area contributed by atoms with Gasteiger partial charge in [0.15, 0.2) is 5.16 Å². The van der Waals surface area contributed by atoms with Crippen LogP contribution < -0.4 is 5.56 Å². The van der Waals surface area contributed by atoms with Crippen LogP contribution in [0.25, 0.3) is 16.6 Å². The molecular formula is C20H18N2O3S. The molecule has 1 aromatic heterocycles. The van der Waals surface area contributed by atoms with Gasteiger partial charge in [0, 0.05) is 6.42 Å². The van der Waals surface area contributed by atoms with Crippen LogP contribution in [0.3, 0.4) is 0 Å². The number of esters is 1. The van der Waals surface area contributed by atoms with E-state index in [-0.39, 0.29) is 16.8 Å². The van der Waals surface area contributed by atoms with E-state index in [1.807, 2.05) is 42.5 Å². The number of hydrogen-bond acceptors (Lipinski definition) is 5. The maximum absolute atomic E-state index is 13.3. The standard InChI is InChI=1S/C20H18N2O3S/c1-2-13-7-3-6-10-16(13)22-18(23)14-8-4-5-9-15(14)21-20(22)26-17-11-12-25-19(17)24/h3-10,17H,2,11-12H2,1H3/t17-/m1/s1. The number of hydrogen-bond donors (Lipinski definition) is 0. The van der Waals surface area contributed by atoms with Gasteiger partial charge in [-0.1, -0.05) is 49.0 Å². The number of aromatic nitrogens is 2. The lowest BCUT2D eigenvalue weighted by atomic mass is 10.1. The number of fused-ring (bicyclic) bond motifs is 1. The summed E-state index contributed by atoms with van der Waals surface area (Å²) in [5, 5.41) is 0.762. The lowest BCUT2D eigenvalue weighted by Gasteiger charge is -2.17. The summed E-state index contributed by atoms with van der Waals surface area (Å²) < 4.78 is 6.71. The number of cyclic esters (lactones) is 1. The van der Waals surface area contributed by atoms with Crippen LogP contribution in [0.4, 0.5) is 0 Å². The topological polar surface area (TPSA) is 61.2 Å². The van der Waals surface area contributed by atoms with Gasteiger partial charge in [0.25, 0.3) is 5.56 Å². The summed E-state index contributed by atoms with van der Waals surface area (Å²) in [5.41, 5.74) is 2.39. The number of carbonyl (C=O) groups excluding carboxylic acids is 1. The van der Waals surface area contributed by atoms with Crippen molar-refractivity contribution in [3.8, 4) is 5.69 Å². The Kier molecular flexibility index (Phi) is 4.51. The first-order valence-electron chi connectivity index (χ1n) is 8.62. The van der Waals surface area contributed by atoms with Gasteiger partial charge in [0.2, 0.25) is 0 Å². The van der Waals surface area contributed by atoms with Gasteiger partial charge in [-0.15, -0.1) is 0 Å². The highest BCUT2D eigenvalue weighted by Gasteiger charge is 2.30. The van der Waals surface area contributed by atoms with Crippen LogP contribution in [-0.4, -0.2) is 27.4 Å². The fourth-order valence-corrected chi connectivity index (χ4v) is 4.21. The van der Waals surface area contributed by atoms with E-state index in [0.29, 0.717) is 29.1 Å². The summed E-state index contributed by atoms with van der Waals surface area (Å²) in [5.74, 6) is -0.243. The number of rotatable bonds is 4. The first-order chi connectivity index (χ1) is 12.7. The molecule has 1 atom stereocenters. The number of aryl methyl sites for hydroxylation is 1. The minimum absolute atomic E-state index is 0.120. The van der Waals surface area contributed by atoms with E-state index < -0.39 is 0 Å². The molecule has 2 aromatic carbocycles. The number of benzene rings is 2. The predicted octanol–water partition coefficient (Wildman–Crippen LogP) is 3.36. The maximum Gasteiger partial charge on any atom is 0.319 e. The molecule has 1 aliphatic heterocycles. The molecule has 1 saturated heterocycles. The second kappa shape index (κ2) is 6.96. The third kappa shape index (κ3) is 2.90. The monoisotopic (exact) mass is 366 g/mol. The third-order valence-electron chi connectivity index (χ3n) is 4.49. The zero-order valence-electron chi connectivity index (χ0n) is 14.3. The van der Waals surface area contributed by atoms with E-state index in [9.17, 15) is 9.59 Å². The van der Waals surface area contributed by atoms with Gasteiger partial charge in [-0.3, -0.25) is 14.2 Å². The number of nitrogens with zero attached hydrogens (tertiary/aromatic N) is 2. The molecule has 0 aliphatic carbocycles. The smallest absolute Gasteiger partial charge is 0.319 e. The molecule has 4 rings (SSSR count). The zero-order valence-corrected chi connectivity index (χ0v) is 15.2. The Morgan fingerprint density at radius 2 is 1.92 bits per heavy atom. The van der Waals surface area contributed by atoms with Crippen LogP contribution in [0.15, 0.2) is 58.5 Å². The van der Waals surface area contributed by atoms with Crippen molar-refractivity contribution >= 4 is 28.6 Å². The molecule has 0 radical (unpaired) electrons. The Morgan fingerprint density at radius 1 is 1.15 bits per heavy atom. The molecule has 1 fully saturated rings. The van der Waals surface area contributed by atoms with Crippen molar-refractivity contribution in [3.05, 3.63) is 64.4 Å². The fourth-order valence-electron chi connectivity index (χ4n) is 3.14. The van der Waals surface area contributed by atoms with Gasteiger partial charge in [0.1, 0.15) is 5.25 Å². The Labute approximate surface area is 155 Å². The van der Waals surface area contributed by atoms with Crippen molar-refractivity contribution in [1.29, 1.82) is 0 Å². The van der Waals surface area contributed by atoms with Crippen molar-refractivity contribution in [3.63, 3.8) is 0 Å². The zero-order chi connectivity index (χ0) is 18.1. The predicted molar refractivity (Wildman–Crippen MR) is 102 cm³/mol. The van der Waals surface area contributed by atoms with E-state index in [1.165, 1.54) is 11.8 Å². The van der Waals surface area contributed by atoms with E-state index in [1.54, 1.807) is 10.6 Å². The summed E-state index contributed by atoms with van der Waals surface area (Å²) in [4.78, 5) is 29.9. The molecule has 132 valence electrons. The van der Waals surface area contributed by atoms with Crippen LogP contribution in [0.5, 0.6) is 0 Å². The molecule has 0 amide bonds. The highest BCUT2D eigenvalue weighted by molar-refractivity contribution is 8.00. The van der Waals surface area contributed by atoms with Gasteiger partial charge in [0.05, 0.1) is 23.2 Å². The van der Waals surface area contributed by atoms with Crippen molar-refractivity contribution < 1.29 is 9.53 Å². The molecule has 0 saturated carbocycles. The largest absolute Gasteiger partial charge is 0.465 e. The lowest BCUT2D eigenvalue weighted by molar-refractivity contribution is -0.137. The first kappa shape index (κ1) is 16.8. The Bertz CT molecular complexity index is 1040. The molecule has 3 aromatic rings. The number of para-hydroxylation sites is 2. The van der Waals surface area contributed by atoms with E-state index in [0.717, 1.165) is 17.7 Å². The minimum atomic E-state index is -0.330. The molecule has 5 nitrogen and oxygen atoms in total. The molecule has 0 bridgehead atoms. The lowest BCUT2D eigenvalue weighted by Crippen LogP contribution is -2.24. The molecule has 6 heteroatoms. The molecule has 2 heterocycles. The minimum Gasteiger partial charge on any atom is -0.465 e. The Morgan fingerprint density at radius 3 is 2.69 bits per heavy atom. The van der Waals surface area contributed by atoms with Crippen LogP contribution >= 0.6 is 11.8 Å². The van der Waals surface area contributed by atoms with Crippen LogP contribution in [-0.2, 0) is 16.0 Å². The number of thioether (sulfide) groups is 1. The Balaban J connectivity index is 1.96. The van der Waals surface area contributed by atoms with Crippen LogP contribution in [0.2, 0.25) is 0 Å². The maximum atomic E-state index is 13.3. The van der Waals surface area contributed by atoms with E-state index >= 15 is 0 Å². The normalized spacial score (nSPS) is 16.8. The third-order valence-corrected chi connectivity index (χ3v) is 5.69. The Hall–Kier alpha value is -2.60. The number of ether oxygens (including phenoxy) is 1. The van der Waals surface area contributed by atoms with Crippen molar-refractivity contribution in [2.24, 2.45) is 0 Å². The van der Waals surface area contributed by atoms with E-state index in [4.69, 9.17) is 9.72 Å².